The molecule has 2 amide bonds. The number of halogens is 2. The number of ether oxygens (including phenoxy) is 2. The predicted octanol–water partition coefficient (Wildman–Crippen LogP) is 2.21. The number of rotatable bonds is 10. The summed E-state index contributed by atoms with van der Waals surface area (Å²) in [5.74, 6) is -3.31. The molecule has 0 atom stereocenters. The second kappa shape index (κ2) is 12.2. The largest absolute Gasteiger partial charge is 0.482 e. The van der Waals surface area contributed by atoms with E-state index in [1.165, 1.54) is 31.4 Å². The molecule has 17 heteroatoms. The number of hydrogen-bond acceptors (Lipinski definition) is 10. The van der Waals surface area contributed by atoms with Crippen LogP contribution < -0.4 is 30.5 Å². The van der Waals surface area contributed by atoms with Crippen LogP contribution in [0.4, 0.5) is 14.5 Å². The maximum Gasteiger partial charge on any atom is 0.263 e. The molecule has 4 aliphatic rings. The average Bonchev–Trinajstić information content (AvgIpc) is 3.53. The number of methoxy groups -OCH3 is 2. The highest BCUT2D eigenvalue weighted by molar-refractivity contribution is 5.96. The maximum absolute atomic E-state index is 14.3. The van der Waals surface area contributed by atoms with Crippen molar-refractivity contribution in [3.05, 3.63) is 61.8 Å². The molecule has 4 fully saturated rings. The van der Waals surface area contributed by atoms with E-state index >= 15 is 0 Å². The number of nitrogens with one attached hydrogen (secondary N) is 2. The van der Waals surface area contributed by atoms with Gasteiger partial charge in [0.25, 0.3) is 11.8 Å². The van der Waals surface area contributed by atoms with Crippen LogP contribution in [0.15, 0.2) is 34.1 Å². The van der Waals surface area contributed by atoms with Gasteiger partial charge in [-0.2, -0.15) is 0 Å². The minimum Gasteiger partial charge on any atom is -0.482 e. The van der Waals surface area contributed by atoms with Crippen LogP contribution >= 0.6 is 0 Å². The zero-order valence-corrected chi connectivity index (χ0v) is 29.0. The Morgan fingerprint density at radius 3 is 2.39 bits per heavy atom. The first-order chi connectivity index (χ1) is 24.2. The molecule has 4 aromatic rings. The van der Waals surface area contributed by atoms with Gasteiger partial charge in [-0.1, -0.05) is 6.92 Å². The predicted molar refractivity (Wildman–Crippen MR) is 181 cm³/mol. The van der Waals surface area contributed by atoms with Crippen LogP contribution in [0.5, 0.6) is 11.8 Å². The lowest BCUT2D eigenvalue weighted by Gasteiger charge is -2.72. The fourth-order valence-electron chi connectivity index (χ4n) is 7.86. The lowest BCUT2D eigenvalue weighted by atomic mass is 9.37. The number of anilines is 1. The minimum atomic E-state index is -2.82. The van der Waals surface area contributed by atoms with Crippen molar-refractivity contribution in [3.8, 4) is 17.4 Å². The number of alkyl halides is 2. The number of hydrogen-bond donors (Lipinski definition) is 2. The van der Waals surface area contributed by atoms with E-state index in [9.17, 15) is 28.0 Å². The highest BCUT2D eigenvalue weighted by Crippen LogP contribution is 2.72. The number of piperazine rings is 1. The smallest absolute Gasteiger partial charge is 0.263 e. The summed E-state index contributed by atoms with van der Waals surface area (Å²) < 4.78 is 40.5. The summed E-state index contributed by atoms with van der Waals surface area (Å²) >= 11 is 0. The molecule has 8 rings (SSSR count). The summed E-state index contributed by atoms with van der Waals surface area (Å²) in [6.07, 6.45) is 3.98. The molecule has 4 aromatic heterocycles. The summed E-state index contributed by atoms with van der Waals surface area (Å²) in [6.45, 7) is 5.09. The molecular weight excluding hydrogens is 668 g/mol. The third-order valence-electron chi connectivity index (χ3n) is 10.6. The molecule has 51 heavy (non-hydrogen) atoms. The van der Waals surface area contributed by atoms with Gasteiger partial charge in [0.1, 0.15) is 17.8 Å². The SMILES string of the molecule is CCc1c(N2CCN(C(=O)c3c(OC)[nH]cc(C)c3=O)CC2)c(=O)c2nn(-c3ccnc(OC)c3)nc2n1CC(=O)NC12CC(C(C)(F)F)(C1)C2. The molecule has 3 saturated carbocycles. The van der Waals surface area contributed by atoms with Gasteiger partial charge in [-0.05, 0) is 45.6 Å². The number of carbonyl (C=O) groups excluding carboxylic acids is 2. The van der Waals surface area contributed by atoms with E-state index in [1.807, 2.05) is 11.8 Å². The van der Waals surface area contributed by atoms with Gasteiger partial charge in [0.2, 0.25) is 28.5 Å². The van der Waals surface area contributed by atoms with Gasteiger partial charge < -0.3 is 34.1 Å². The number of pyridine rings is 3. The quantitative estimate of drug-likeness (QED) is 0.249. The van der Waals surface area contributed by atoms with Crippen molar-refractivity contribution in [2.24, 2.45) is 5.41 Å². The van der Waals surface area contributed by atoms with Crippen molar-refractivity contribution < 1.29 is 27.8 Å². The molecule has 1 saturated heterocycles. The standard InChI is InChI=1S/C34H39F2N9O6/c1-6-21-26(42-9-11-43(12-10-42)31(49)24-27(47)19(2)14-38-30(24)51-5)28(48)25-29(41-45(40-25)20-7-8-37-23(13-20)50-4)44(21)15-22(46)39-34-16-33(17-34,18-34)32(3,35)36/h7-8,13-14H,6,9-12,15-18H2,1-5H3,(H,38,47)(H,39,46). The van der Waals surface area contributed by atoms with Crippen molar-refractivity contribution in [3.63, 3.8) is 0 Å². The maximum atomic E-state index is 14.3. The van der Waals surface area contributed by atoms with Gasteiger partial charge in [0.05, 0.1) is 19.9 Å². The number of fused-ring (bicyclic) bond motifs is 1. The van der Waals surface area contributed by atoms with Gasteiger partial charge in [0.15, 0.2) is 11.2 Å². The summed E-state index contributed by atoms with van der Waals surface area (Å²) in [5.41, 5.74) is -0.730. The van der Waals surface area contributed by atoms with Gasteiger partial charge >= 0.3 is 0 Å². The highest BCUT2D eigenvalue weighted by atomic mass is 19.3. The van der Waals surface area contributed by atoms with Crippen molar-refractivity contribution in [2.75, 3.05) is 45.3 Å². The fourth-order valence-corrected chi connectivity index (χ4v) is 7.86. The van der Waals surface area contributed by atoms with E-state index in [1.54, 1.807) is 28.5 Å². The highest BCUT2D eigenvalue weighted by Gasteiger charge is 2.76. The Morgan fingerprint density at radius 2 is 1.76 bits per heavy atom. The molecular formula is C34H39F2N9O6. The van der Waals surface area contributed by atoms with Gasteiger partial charge in [0, 0.05) is 66.9 Å². The van der Waals surface area contributed by atoms with Crippen molar-refractivity contribution in [1.82, 2.24) is 39.7 Å². The van der Waals surface area contributed by atoms with Crippen LogP contribution in [0.3, 0.4) is 0 Å². The number of amides is 2. The third-order valence-corrected chi connectivity index (χ3v) is 10.6. The Morgan fingerprint density at radius 1 is 1.06 bits per heavy atom. The average molecular weight is 708 g/mol. The first kappa shape index (κ1) is 34.1. The number of aromatic amines is 1. The number of carbonyl (C=O) groups is 2. The molecule has 2 bridgehead atoms. The molecule has 0 aromatic carbocycles. The molecule has 5 heterocycles. The lowest BCUT2D eigenvalue weighted by molar-refractivity contribution is -0.275. The zero-order valence-electron chi connectivity index (χ0n) is 29.0. The van der Waals surface area contributed by atoms with Crippen LogP contribution in [-0.2, 0) is 17.8 Å². The first-order valence-electron chi connectivity index (χ1n) is 16.8. The molecule has 3 aliphatic carbocycles. The fraction of sp³-hybridized carbons (Fsp3) is 0.500. The van der Waals surface area contributed by atoms with Crippen LogP contribution in [0.25, 0.3) is 16.9 Å². The Hall–Kier alpha value is -5.35. The minimum absolute atomic E-state index is 0.0235. The van der Waals surface area contributed by atoms with E-state index in [4.69, 9.17) is 9.47 Å². The summed E-state index contributed by atoms with van der Waals surface area (Å²) in [6, 6.07) is 3.26. The summed E-state index contributed by atoms with van der Waals surface area (Å²) in [7, 11) is 2.85. The molecule has 0 spiro atoms. The van der Waals surface area contributed by atoms with Gasteiger partial charge in [-0.15, -0.1) is 15.0 Å². The second-order valence-corrected chi connectivity index (χ2v) is 13.8. The zero-order chi connectivity index (χ0) is 36.5. The number of nitrogens with zero attached hydrogens (tertiary/aromatic N) is 7. The molecule has 1 aliphatic heterocycles. The summed E-state index contributed by atoms with van der Waals surface area (Å²) in [5, 5.41) is 12.2. The third kappa shape index (κ3) is 5.49. The molecule has 270 valence electrons. The van der Waals surface area contributed by atoms with Crippen molar-refractivity contribution >= 4 is 28.7 Å². The number of aromatic nitrogens is 6. The molecule has 2 N–H and O–H groups in total. The van der Waals surface area contributed by atoms with E-state index < -0.39 is 33.6 Å². The van der Waals surface area contributed by atoms with Crippen molar-refractivity contribution in [2.45, 2.75) is 64.5 Å². The number of H-pyrrole nitrogens is 1. The topological polar surface area (TPSA) is 170 Å². The number of aryl methyl sites for hydroxylation is 1. The normalized spacial score (nSPS) is 21.2. The molecule has 15 nitrogen and oxygen atoms in total. The van der Waals surface area contributed by atoms with E-state index in [-0.39, 0.29) is 80.5 Å². The van der Waals surface area contributed by atoms with Gasteiger partial charge in [-0.25, -0.2) is 13.8 Å². The van der Waals surface area contributed by atoms with E-state index in [0.717, 1.165) is 6.92 Å². The van der Waals surface area contributed by atoms with E-state index in [0.29, 0.717) is 34.9 Å². The summed E-state index contributed by atoms with van der Waals surface area (Å²) in [4.78, 5) is 66.1. The first-order valence-corrected chi connectivity index (χ1v) is 16.8. The van der Waals surface area contributed by atoms with Crippen LogP contribution in [0.2, 0.25) is 0 Å². The monoisotopic (exact) mass is 707 g/mol. The van der Waals surface area contributed by atoms with Crippen LogP contribution in [0, 0.1) is 12.3 Å². The van der Waals surface area contributed by atoms with E-state index in [2.05, 4.69) is 25.5 Å². The van der Waals surface area contributed by atoms with Gasteiger partial charge in [-0.3, -0.25) is 19.2 Å². The Labute approximate surface area is 290 Å². The second-order valence-electron chi connectivity index (χ2n) is 13.8. The van der Waals surface area contributed by atoms with Crippen molar-refractivity contribution in [1.29, 1.82) is 0 Å². The Balaban J connectivity index is 1.22. The van der Waals surface area contributed by atoms with Crippen LogP contribution in [-0.4, -0.2) is 98.1 Å². The Kier molecular flexibility index (Phi) is 8.13. The molecule has 0 radical (unpaired) electrons. The lowest BCUT2D eigenvalue weighted by Crippen LogP contribution is -2.79. The van der Waals surface area contributed by atoms with Crippen LogP contribution in [0.1, 0.15) is 54.7 Å². The molecule has 0 unspecified atom stereocenters. The Bertz CT molecular complexity index is 2160.